The quantitative estimate of drug-likeness (QED) is 0.679. The number of hydrogen-bond acceptors (Lipinski definition) is 5. The number of hydrogen-bond donors (Lipinski definition) is 1. The summed E-state index contributed by atoms with van der Waals surface area (Å²) in [5, 5.41) is 3.07. The van der Waals surface area contributed by atoms with Gasteiger partial charge in [0.15, 0.2) is 5.78 Å². The van der Waals surface area contributed by atoms with Crippen LogP contribution >= 0.6 is 0 Å². The maximum atomic E-state index is 12.2. The first-order valence-corrected chi connectivity index (χ1v) is 8.46. The van der Waals surface area contributed by atoms with Crippen LogP contribution < -0.4 is 15.7 Å². The normalized spacial score (nSPS) is 10.6. The van der Waals surface area contributed by atoms with Gasteiger partial charge in [0.25, 0.3) is 5.91 Å². The molecular weight excluding hydrogens is 346 g/mol. The summed E-state index contributed by atoms with van der Waals surface area (Å²) in [6.45, 7) is 3.47. The van der Waals surface area contributed by atoms with Gasteiger partial charge in [0.05, 0.1) is 6.54 Å². The number of carbonyl (C=O) groups is 2. The molecule has 6 heteroatoms. The number of rotatable bonds is 6. The summed E-state index contributed by atoms with van der Waals surface area (Å²) >= 11 is 0. The Morgan fingerprint density at radius 1 is 1.04 bits per heavy atom. The van der Waals surface area contributed by atoms with E-state index in [1.807, 2.05) is 32.0 Å². The molecule has 3 rings (SSSR count). The Balaban J connectivity index is 1.59. The van der Waals surface area contributed by atoms with Crippen molar-refractivity contribution in [2.75, 3.05) is 13.2 Å². The van der Waals surface area contributed by atoms with Gasteiger partial charge in [-0.25, -0.2) is 4.79 Å². The largest absolute Gasteiger partial charge is 0.486 e. The minimum absolute atomic E-state index is 0.142. The van der Waals surface area contributed by atoms with Crippen molar-refractivity contribution in [1.29, 1.82) is 0 Å². The van der Waals surface area contributed by atoms with Gasteiger partial charge in [0.1, 0.15) is 23.5 Å². The molecule has 0 spiro atoms. The highest BCUT2D eigenvalue weighted by Gasteiger charge is 2.15. The fourth-order valence-electron chi connectivity index (χ4n) is 2.73. The predicted molar refractivity (Wildman–Crippen MR) is 101 cm³/mol. The molecule has 1 N–H and O–H groups in total. The van der Waals surface area contributed by atoms with Crippen molar-refractivity contribution >= 4 is 22.7 Å². The van der Waals surface area contributed by atoms with E-state index in [-0.39, 0.29) is 24.5 Å². The molecule has 3 aromatic rings. The number of ether oxygens (including phenoxy) is 1. The van der Waals surface area contributed by atoms with Crippen LogP contribution in [0.3, 0.4) is 0 Å². The van der Waals surface area contributed by atoms with Crippen molar-refractivity contribution in [3.8, 4) is 5.75 Å². The lowest BCUT2D eigenvalue weighted by Gasteiger charge is -2.08. The molecule has 1 aromatic heterocycles. The first-order chi connectivity index (χ1) is 12.9. The number of carbonyl (C=O) groups excluding carboxylic acids is 2. The summed E-state index contributed by atoms with van der Waals surface area (Å²) in [7, 11) is 0. The van der Waals surface area contributed by atoms with Gasteiger partial charge in [-0.15, -0.1) is 0 Å². The molecule has 0 bridgehead atoms. The van der Waals surface area contributed by atoms with Gasteiger partial charge in [-0.2, -0.15) is 0 Å². The predicted octanol–water partition coefficient (Wildman–Crippen LogP) is 2.79. The molecule has 0 fully saturated rings. The molecule has 0 aliphatic heterocycles. The Morgan fingerprint density at radius 2 is 1.74 bits per heavy atom. The Morgan fingerprint density at radius 3 is 2.48 bits per heavy atom. The number of Topliss-reactive ketones (excluding diaryl/α,β-unsaturated/α-hetero) is 1. The fourth-order valence-corrected chi connectivity index (χ4v) is 2.73. The zero-order valence-electron chi connectivity index (χ0n) is 15.1. The second kappa shape index (κ2) is 7.86. The highest BCUT2D eigenvalue weighted by Crippen LogP contribution is 2.16. The van der Waals surface area contributed by atoms with Gasteiger partial charge in [-0.3, -0.25) is 9.59 Å². The molecule has 0 atom stereocenters. The van der Waals surface area contributed by atoms with Crippen LogP contribution in [0.15, 0.2) is 57.7 Å². The van der Waals surface area contributed by atoms with E-state index in [0.717, 1.165) is 11.1 Å². The first-order valence-electron chi connectivity index (χ1n) is 8.46. The Kier molecular flexibility index (Phi) is 5.35. The molecule has 0 saturated heterocycles. The zero-order valence-corrected chi connectivity index (χ0v) is 15.1. The van der Waals surface area contributed by atoms with E-state index < -0.39 is 11.5 Å². The molecule has 2 aromatic carbocycles. The molecule has 1 heterocycles. The molecule has 1 amide bonds. The van der Waals surface area contributed by atoms with Crippen LogP contribution in [0.2, 0.25) is 0 Å². The molecular formula is C21H19NO5. The van der Waals surface area contributed by atoms with Crippen LogP contribution in [0.25, 0.3) is 11.0 Å². The number of amides is 1. The molecule has 0 aliphatic rings. The van der Waals surface area contributed by atoms with Gasteiger partial charge >= 0.3 is 5.63 Å². The van der Waals surface area contributed by atoms with E-state index in [2.05, 4.69) is 5.32 Å². The first kappa shape index (κ1) is 18.4. The standard InChI is InChI=1S/C21H19NO5/c1-13-7-14(2)9-17(8-13)26-12-16(23)11-22-20(24)18-10-15-5-3-4-6-19(15)27-21(18)25/h3-10H,11-12H2,1-2H3,(H,22,24). The minimum atomic E-state index is -0.745. The smallest absolute Gasteiger partial charge is 0.349 e. The number of para-hydroxylation sites is 1. The number of benzene rings is 2. The summed E-state index contributed by atoms with van der Waals surface area (Å²) < 4.78 is 10.6. The van der Waals surface area contributed by atoms with Crippen LogP contribution in [0, 0.1) is 13.8 Å². The van der Waals surface area contributed by atoms with Gasteiger partial charge in [-0.05, 0) is 49.2 Å². The highest BCUT2D eigenvalue weighted by atomic mass is 16.5. The molecule has 0 radical (unpaired) electrons. The Labute approximate surface area is 155 Å². The van der Waals surface area contributed by atoms with E-state index in [1.165, 1.54) is 6.07 Å². The summed E-state index contributed by atoms with van der Waals surface area (Å²) in [6.07, 6.45) is 0. The molecule has 6 nitrogen and oxygen atoms in total. The third-order valence-corrected chi connectivity index (χ3v) is 3.93. The Hall–Kier alpha value is -3.41. The third-order valence-electron chi connectivity index (χ3n) is 3.93. The van der Waals surface area contributed by atoms with Gasteiger partial charge in [0.2, 0.25) is 0 Å². The molecule has 0 saturated carbocycles. The second-order valence-electron chi connectivity index (χ2n) is 6.32. The molecule has 0 unspecified atom stereocenters. The topological polar surface area (TPSA) is 85.6 Å². The number of fused-ring (bicyclic) bond motifs is 1. The van der Waals surface area contributed by atoms with E-state index in [1.54, 1.807) is 24.3 Å². The summed E-state index contributed by atoms with van der Waals surface area (Å²) in [4.78, 5) is 36.1. The zero-order chi connectivity index (χ0) is 19.4. The molecule has 27 heavy (non-hydrogen) atoms. The average Bonchev–Trinajstić information content (AvgIpc) is 2.63. The van der Waals surface area contributed by atoms with Crippen molar-refractivity contribution in [2.24, 2.45) is 0 Å². The number of nitrogens with one attached hydrogen (secondary N) is 1. The van der Waals surface area contributed by atoms with E-state index in [0.29, 0.717) is 16.7 Å². The van der Waals surface area contributed by atoms with E-state index >= 15 is 0 Å². The van der Waals surface area contributed by atoms with Crippen molar-refractivity contribution in [3.63, 3.8) is 0 Å². The van der Waals surface area contributed by atoms with Crippen LogP contribution in [0.1, 0.15) is 21.5 Å². The lowest BCUT2D eigenvalue weighted by molar-refractivity contribution is -0.120. The monoisotopic (exact) mass is 365 g/mol. The van der Waals surface area contributed by atoms with Crippen molar-refractivity contribution < 1.29 is 18.7 Å². The lowest BCUT2D eigenvalue weighted by atomic mass is 10.1. The summed E-state index contributed by atoms with van der Waals surface area (Å²) in [5.74, 6) is -0.371. The van der Waals surface area contributed by atoms with E-state index in [9.17, 15) is 14.4 Å². The highest BCUT2D eigenvalue weighted by molar-refractivity contribution is 5.98. The maximum absolute atomic E-state index is 12.2. The van der Waals surface area contributed by atoms with Crippen molar-refractivity contribution in [2.45, 2.75) is 13.8 Å². The summed E-state index contributed by atoms with van der Waals surface area (Å²) in [5.41, 5.74) is 1.58. The minimum Gasteiger partial charge on any atom is -0.486 e. The number of aryl methyl sites for hydroxylation is 2. The van der Waals surface area contributed by atoms with Gasteiger partial charge in [0, 0.05) is 5.39 Å². The van der Waals surface area contributed by atoms with Gasteiger partial charge in [-0.1, -0.05) is 24.3 Å². The van der Waals surface area contributed by atoms with Crippen LogP contribution in [0.4, 0.5) is 0 Å². The van der Waals surface area contributed by atoms with Crippen molar-refractivity contribution in [3.05, 3.63) is 75.6 Å². The lowest BCUT2D eigenvalue weighted by Crippen LogP contribution is -2.34. The van der Waals surface area contributed by atoms with Crippen LogP contribution in [0.5, 0.6) is 5.75 Å². The average molecular weight is 365 g/mol. The second-order valence-corrected chi connectivity index (χ2v) is 6.32. The summed E-state index contributed by atoms with van der Waals surface area (Å²) in [6, 6.07) is 14.0. The molecule has 138 valence electrons. The van der Waals surface area contributed by atoms with Crippen LogP contribution in [-0.4, -0.2) is 24.8 Å². The third kappa shape index (κ3) is 4.61. The Bertz CT molecular complexity index is 1050. The van der Waals surface area contributed by atoms with E-state index in [4.69, 9.17) is 9.15 Å². The SMILES string of the molecule is Cc1cc(C)cc(OCC(=O)CNC(=O)c2cc3ccccc3oc2=O)c1. The fraction of sp³-hybridized carbons (Fsp3) is 0.190. The van der Waals surface area contributed by atoms with Crippen LogP contribution in [-0.2, 0) is 4.79 Å². The van der Waals surface area contributed by atoms with Gasteiger partial charge < -0.3 is 14.5 Å². The maximum Gasteiger partial charge on any atom is 0.349 e. The number of ketones is 1. The molecule has 0 aliphatic carbocycles. The van der Waals surface area contributed by atoms with Crippen molar-refractivity contribution in [1.82, 2.24) is 5.32 Å².